The Hall–Kier alpha value is -1.03. The van der Waals surface area contributed by atoms with Crippen molar-refractivity contribution in [3.8, 4) is 5.75 Å². The number of aliphatic hydroxyl groups is 1. The van der Waals surface area contributed by atoms with E-state index in [-0.39, 0.29) is 0 Å². The standard InChI is InChI=1S/C14H15ClO2S/c1-3-9-6-7-18-14(9)13(16)11-8-10(15)4-5-12(11)17-2/h4-8,13,16H,3H2,1-2H3. The van der Waals surface area contributed by atoms with Crippen molar-refractivity contribution in [3.05, 3.63) is 50.7 Å². The monoisotopic (exact) mass is 282 g/mol. The van der Waals surface area contributed by atoms with E-state index in [0.29, 0.717) is 16.3 Å². The summed E-state index contributed by atoms with van der Waals surface area (Å²) >= 11 is 7.54. The Bertz CT molecular complexity index is 536. The molecule has 2 rings (SSSR count). The van der Waals surface area contributed by atoms with Gasteiger partial charge in [-0.25, -0.2) is 0 Å². The summed E-state index contributed by atoms with van der Waals surface area (Å²) in [5.41, 5.74) is 1.87. The lowest BCUT2D eigenvalue weighted by atomic mass is 10.0. The third kappa shape index (κ3) is 2.53. The van der Waals surface area contributed by atoms with E-state index in [0.717, 1.165) is 16.9 Å². The van der Waals surface area contributed by atoms with E-state index in [4.69, 9.17) is 16.3 Å². The molecule has 1 unspecified atom stereocenters. The predicted octanol–water partition coefficient (Wildman–Crippen LogP) is 4.05. The van der Waals surface area contributed by atoms with Gasteiger partial charge in [-0.3, -0.25) is 0 Å². The van der Waals surface area contributed by atoms with Crippen LogP contribution in [0.3, 0.4) is 0 Å². The minimum atomic E-state index is -0.686. The van der Waals surface area contributed by atoms with Gasteiger partial charge in [0.25, 0.3) is 0 Å². The zero-order valence-corrected chi connectivity index (χ0v) is 11.9. The predicted molar refractivity (Wildman–Crippen MR) is 75.8 cm³/mol. The molecule has 0 aliphatic rings. The molecule has 2 nitrogen and oxygen atoms in total. The van der Waals surface area contributed by atoms with Gasteiger partial charge in [0, 0.05) is 15.5 Å². The second-order valence-electron chi connectivity index (χ2n) is 3.95. The van der Waals surface area contributed by atoms with E-state index in [9.17, 15) is 5.11 Å². The average molecular weight is 283 g/mol. The van der Waals surface area contributed by atoms with Crippen LogP contribution in [0.1, 0.15) is 29.0 Å². The normalized spacial score (nSPS) is 12.4. The molecule has 1 aromatic carbocycles. The quantitative estimate of drug-likeness (QED) is 0.916. The first-order valence-corrected chi connectivity index (χ1v) is 7.01. The van der Waals surface area contributed by atoms with Gasteiger partial charge in [0.05, 0.1) is 7.11 Å². The molecule has 0 aliphatic heterocycles. The molecule has 0 aliphatic carbocycles. The lowest BCUT2D eigenvalue weighted by molar-refractivity contribution is 0.217. The second-order valence-corrected chi connectivity index (χ2v) is 5.34. The zero-order valence-electron chi connectivity index (χ0n) is 10.3. The Labute approximate surface area is 116 Å². The molecular formula is C14H15ClO2S. The Morgan fingerprint density at radius 3 is 2.83 bits per heavy atom. The highest BCUT2D eigenvalue weighted by atomic mass is 35.5. The number of aryl methyl sites for hydroxylation is 1. The molecule has 0 spiro atoms. The number of halogens is 1. The van der Waals surface area contributed by atoms with Crippen LogP contribution < -0.4 is 4.74 Å². The zero-order chi connectivity index (χ0) is 13.1. The highest BCUT2D eigenvalue weighted by molar-refractivity contribution is 7.10. The van der Waals surface area contributed by atoms with E-state index < -0.39 is 6.10 Å². The third-order valence-electron chi connectivity index (χ3n) is 2.90. The van der Waals surface area contributed by atoms with Gasteiger partial charge in [0.1, 0.15) is 11.9 Å². The minimum Gasteiger partial charge on any atom is -0.496 e. The van der Waals surface area contributed by atoms with Gasteiger partial charge >= 0.3 is 0 Å². The maximum Gasteiger partial charge on any atom is 0.125 e. The van der Waals surface area contributed by atoms with E-state index in [1.807, 2.05) is 11.4 Å². The fourth-order valence-electron chi connectivity index (χ4n) is 1.94. The Balaban J connectivity index is 2.45. The van der Waals surface area contributed by atoms with Crippen molar-refractivity contribution in [1.29, 1.82) is 0 Å². The SMILES string of the molecule is CCc1ccsc1C(O)c1cc(Cl)ccc1OC. The molecule has 0 saturated heterocycles. The number of benzene rings is 1. The van der Waals surface area contributed by atoms with Crippen LogP contribution in [-0.4, -0.2) is 12.2 Å². The fraction of sp³-hybridized carbons (Fsp3) is 0.286. The largest absolute Gasteiger partial charge is 0.496 e. The number of hydrogen-bond acceptors (Lipinski definition) is 3. The molecule has 1 N–H and O–H groups in total. The van der Waals surface area contributed by atoms with Crippen molar-refractivity contribution in [2.45, 2.75) is 19.4 Å². The first-order valence-electron chi connectivity index (χ1n) is 5.75. The molecular weight excluding hydrogens is 268 g/mol. The number of aliphatic hydroxyl groups excluding tert-OH is 1. The van der Waals surface area contributed by atoms with Crippen LogP contribution in [0.4, 0.5) is 0 Å². The molecule has 96 valence electrons. The summed E-state index contributed by atoms with van der Waals surface area (Å²) in [5, 5.41) is 13.1. The van der Waals surface area contributed by atoms with Crippen molar-refractivity contribution in [2.24, 2.45) is 0 Å². The van der Waals surface area contributed by atoms with Gasteiger partial charge in [-0.05, 0) is 41.6 Å². The first-order chi connectivity index (χ1) is 8.67. The molecule has 0 amide bonds. The van der Waals surface area contributed by atoms with E-state index in [1.165, 1.54) is 0 Å². The summed E-state index contributed by atoms with van der Waals surface area (Å²) < 4.78 is 5.28. The summed E-state index contributed by atoms with van der Waals surface area (Å²) in [6, 6.07) is 7.33. The van der Waals surface area contributed by atoms with Crippen molar-refractivity contribution in [2.75, 3.05) is 7.11 Å². The van der Waals surface area contributed by atoms with Crippen molar-refractivity contribution >= 4 is 22.9 Å². The maximum atomic E-state index is 10.5. The number of rotatable bonds is 4. The van der Waals surface area contributed by atoms with Crippen LogP contribution in [-0.2, 0) is 6.42 Å². The molecule has 0 fully saturated rings. The Kier molecular flexibility index (Phi) is 4.27. The summed E-state index contributed by atoms with van der Waals surface area (Å²) in [7, 11) is 1.59. The summed E-state index contributed by atoms with van der Waals surface area (Å²) in [5.74, 6) is 0.655. The second kappa shape index (κ2) is 5.74. The number of methoxy groups -OCH3 is 1. The molecule has 1 atom stereocenters. The average Bonchev–Trinajstić information content (AvgIpc) is 2.86. The van der Waals surface area contributed by atoms with Crippen LogP contribution in [0.2, 0.25) is 5.02 Å². The van der Waals surface area contributed by atoms with Gasteiger partial charge in [0.2, 0.25) is 0 Å². The van der Waals surface area contributed by atoms with Crippen molar-refractivity contribution in [1.82, 2.24) is 0 Å². The smallest absolute Gasteiger partial charge is 0.125 e. The van der Waals surface area contributed by atoms with Crippen LogP contribution in [0.5, 0.6) is 5.75 Å². The van der Waals surface area contributed by atoms with E-state index >= 15 is 0 Å². The summed E-state index contributed by atoms with van der Waals surface area (Å²) in [6.07, 6.45) is 0.215. The molecule has 2 aromatic rings. The molecule has 1 heterocycles. The highest BCUT2D eigenvalue weighted by Crippen LogP contribution is 2.36. The fourth-order valence-corrected chi connectivity index (χ4v) is 3.12. The van der Waals surface area contributed by atoms with Gasteiger partial charge in [-0.1, -0.05) is 18.5 Å². The van der Waals surface area contributed by atoms with Crippen LogP contribution >= 0.6 is 22.9 Å². The Morgan fingerprint density at radius 1 is 1.39 bits per heavy atom. The highest BCUT2D eigenvalue weighted by Gasteiger charge is 2.19. The van der Waals surface area contributed by atoms with Gasteiger partial charge in [-0.2, -0.15) is 0 Å². The maximum absolute atomic E-state index is 10.5. The van der Waals surface area contributed by atoms with Crippen LogP contribution in [0.15, 0.2) is 29.6 Å². The summed E-state index contributed by atoms with van der Waals surface area (Å²) in [6.45, 7) is 2.08. The number of thiophene rings is 1. The lowest BCUT2D eigenvalue weighted by Crippen LogP contribution is -2.02. The van der Waals surface area contributed by atoms with Crippen LogP contribution in [0.25, 0.3) is 0 Å². The first kappa shape index (κ1) is 13.4. The van der Waals surface area contributed by atoms with Gasteiger partial charge in [0.15, 0.2) is 0 Å². The minimum absolute atomic E-state index is 0.597. The molecule has 0 saturated carbocycles. The third-order valence-corrected chi connectivity index (χ3v) is 4.14. The molecule has 0 radical (unpaired) electrons. The topological polar surface area (TPSA) is 29.5 Å². The molecule has 1 aromatic heterocycles. The van der Waals surface area contributed by atoms with Crippen molar-refractivity contribution < 1.29 is 9.84 Å². The molecule has 4 heteroatoms. The van der Waals surface area contributed by atoms with E-state index in [1.54, 1.807) is 36.6 Å². The molecule has 0 bridgehead atoms. The molecule has 18 heavy (non-hydrogen) atoms. The summed E-state index contributed by atoms with van der Waals surface area (Å²) in [4.78, 5) is 0.957. The lowest BCUT2D eigenvalue weighted by Gasteiger charge is -2.15. The van der Waals surface area contributed by atoms with E-state index in [2.05, 4.69) is 6.92 Å². The van der Waals surface area contributed by atoms with Gasteiger partial charge < -0.3 is 9.84 Å². The number of hydrogen-bond donors (Lipinski definition) is 1. The van der Waals surface area contributed by atoms with Crippen LogP contribution in [0, 0.1) is 0 Å². The van der Waals surface area contributed by atoms with Crippen molar-refractivity contribution in [3.63, 3.8) is 0 Å². The number of ether oxygens (including phenoxy) is 1. The van der Waals surface area contributed by atoms with Gasteiger partial charge in [-0.15, -0.1) is 11.3 Å². The Morgan fingerprint density at radius 2 is 2.17 bits per heavy atom.